The van der Waals surface area contributed by atoms with Gasteiger partial charge >= 0.3 is 0 Å². The molecule has 0 N–H and O–H groups in total. The summed E-state index contributed by atoms with van der Waals surface area (Å²) in [4.78, 5) is 32.3. The van der Waals surface area contributed by atoms with Crippen LogP contribution in [0.15, 0.2) is 64.5 Å². The van der Waals surface area contributed by atoms with Crippen LogP contribution in [0.1, 0.15) is 32.3 Å². The van der Waals surface area contributed by atoms with E-state index in [-0.39, 0.29) is 16.7 Å². The van der Waals surface area contributed by atoms with Crippen LogP contribution >= 0.6 is 11.8 Å². The lowest BCUT2D eigenvalue weighted by Crippen LogP contribution is -2.33. The standard InChI is InChI=1S/C23H27N3O2S/c1-4-5-15-26-22(28)19-13-9-10-14-20(19)24-23(26)29-17(2)21(27)25(3)16-18-11-7-6-8-12-18/h6-14,17H,4-5,15-16H2,1-3H3. The zero-order chi connectivity index (χ0) is 20.8. The van der Waals surface area contributed by atoms with Gasteiger partial charge in [-0.2, -0.15) is 0 Å². The van der Waals surface area contributed by atoms with Crippen LogP contribution in [0, 0.1) is 0 Å². The summed E-state index contributed by atoms with van der Waals surface area (Å²) in [5, 5.41) is 0.883. The third-order valence-corrected chi connectivity index (χ3v) is 5.91. The Morgan fingerprint density at radius 2 is 1.83 bits per heavy atom. The molecule has 0 bridgehead atoms. The van der Waals surface area contributed by atoms with E-state index in [9.17, 15) is 9.59 Å². The number of carbonyl (C=O) groups excluding carboxylic acids is 1. The van der Waals surface area contributed by atoms with E-state index in [2.05, 4.69) is 6.92 Å². The van der Waals surface area contributed by atoms with Crippen molar-refractivity contribution in [2.45, 2.75) is 50.2 Å². The molecule has 6 heteroatoms. The number of carbonyl (C=O) groups is 1. The molecule has 1 atom stereocenters. The summed E-state index contributed by atoms with van der Waals surface area (Å²) in [6.07, 6.45) is 1.88. The number of fused-ring (bicyclic) bond motifs is 1. The van der Waals surface area contributed by atoms with E-state index in [0.717, 1.165) is 18.4 Å². The zero-order valence-electron chi connectivity index (χ0n) is 17.2. The van der Waals surface area contributed by atoms with Crippen LogP contribution in [0.4, 0.5) is 0 Å². The number of amides is 1. The van der Waals surface area contributed by atoms with Crippen molar-refractivity contribution in [3.05, 3.63) is 70.5 Å². The average molecular weight is 410 g/mol. The summed E-state index contributed by atoms with van der Waals surface area (Å²) in [5.41, 5.74) is 1.72. The Bertz CT molecular complexity index is 1030. The molecular weight excluding hydrogens is 382 g/mol. The Balaban J connectivity index is 1.83. The number of unbranched alkanes of at least 4 members (excludes halogenated alkanes) is 1. The lowest BCUT2D eigenvalue weighted by Gasteiger charge is -2.22. The van der Waals surface area contributed by atoms with Crippen LogP contribution < -0.4 is 5.56 Å². The van der Waals surface area contributed by atoms with Gasteiger partial charge in [-0.1, -0.05) is 67.6 Å². The summed E-state index contributed by atoms with van der Waals surface area (Å²) < 4.78 is 1.72. The molecule has 0 aliphatic carbocycles. The first-order valence-corrected chi connectivity index (χ1v) is 10.8. The fourth-order valence-corrected chi connectivity index (χ4v) is 4.25. The average Bonchev–Trinajstić information content (AvgIpc) is 2.73. The van der Waals surface area contributed by atoms with Crippen LogP contribution in [0.5, 0.6) is 0 Å². The number of rotatable bonds is 8. The SMILES string of the molecule is CCCCn1c(SC(C)C(=O)N(C)Cc2ccccc2)nc2ccccc2c1=O. The lowest BCUT2D eigenvalue weighted by molar-refractivity contribution is -0.129. The van der Waals surface area contributed by atoms with Gasteiger partial charge in [0.1, 0.15) is 0 Å². The Morgan fingerprint density at radius 3 is 2.55 bits per heavy atom. The van der Waals surface area contributed by atoms with E-state index >= 15 is 0 Å². The van der Waals surface area contributed by atoms with Crippen LogP contribution in [0.2, 0.25) is 0 Å². The Labute approximate surface area is 175 Å². The van der Waals surface area contributed by atoms with Gasteiger partial charge in [-0.3, -0.25) is 14.2 Å². The number of thioether (sulfide) groups is 1. The van der Waals surface area contributed by atoms with E-state index < -0.39 is 0 Å². The molecule has 0 saturated heterocycles. The minimum absolute atomic E-state index is 0.0169. The van der Waals surface area contributed by atoms with E-state index in [1.807, 2.05) is 68.6 Å². The van der Waals surface area contributed by atoms with Crippen LogP contribution in [-0.2, 0) is 17.9 Å². The molecule has 152 valence electrons. The first kappa shape index (κ1) is 21.1. The van der Waals surface area contributed by atoms with E-state index in [4.69, 9.17) is 4.98 Å². The van der Waals surface area contributed by atoms with Crippen LogP contribution in [-0.4, -0.2) is 32.7 Å². The van der Waals surface area contributed by atoms with Crippen molar-refractivity contribution in [2.75, 3.05) is 7.05 Å². The third kappa shape index (κ3) is 5.07. The molecule has 0 spiro atoms. The summed E-state index contributed by atoms with van der Waals surface area (Å²) in [6, 6.07) is 17.3. The van der Waals surface area contributed by atoms with Gasteiger partial charge in [0.2, 0.25) is 5.91 Å². The Hall–Kier alpha value is -2.60. The number of para-hydroxylation sites is 1. The maximum absolute atomic E-state index is 13.0. The maximum atomic E-state index is 13.0. The molecule has 0 aliphatic rings. The molecule has 5 nitrogen and oxygen atoms in total. The van der Waals surface area contributed by atoms with Crippen molar-refractivity contribution in [1.29, 1.82) is 0 Å². The predicted octanol–water partition coefficient (Wildman–Crippen LogP) is 4.34. The van der Waals surface area contributed by atoms with E-state index in [1.165, 1.54) is 11.8 Å². The van der Waals surface area contributed by atoms with Crippen molar-refractivity contribution in [3.8, 4) is 0 Å². The van der Waals surface area contributed by atoms with Crippen molar-refractivity contribution >= 4 is 28.6 Å². The highest BCUT2D eigenvalue weighted by Crippen LogP contribution is 2.24. The third-order valence-electron chi connectivity index (χ3n) is 4.83. The minimum atomic E-state index is -0.343. The molecule has 2 aromatic carbocycles. The first-order valence-electron chi connectivity index (χ1n) is 9.96. The van der Waals surface area contributed by atoms with Crippen LogP contribution in [0.3, 0.4) is 0 Å². The zero-order valence-corrected chi connectivity index (χ0v) is 18.0. The quantitative estimate of drug-likeness (QED) is 0.410. The highest BCUT2D eigenvalue weighted by atomic mass is 32.2. The van der Waals surface area contributed by atoms with Crippen molar-refractivity contribution in [3.63, 3.8) is 0 Å². The molecule has 0 fully saturated rings. The van der Waals surface area contributed by atoms with Crippen molar-refractivity contribution < 1.29 is 4.79 Å². The summed E-state index contributed by atoms with van der Waals surface area (Å²) in [5.74, 6) is 0.0169. The van der Waals surface area contributed by atoms with Gasteiger partial charge in [0.15, 0.2) is 5.16 Å². The molecule has 0 radical (unpaired) electrons. The summed E-state index contributed by atoms with van der Waals surface area (Å²) in [7, 11) is 1.81. The van der Waals surface area contributed by atoms with Crippen molar-refractivity contribution in [2.24, 2.45) is 0 Å². The Morgan fingerprint density at radius 1 is 1.14 bits per heavy atom. The molecule has 29 heavy (non-hydrogen) atoms. The van der Waals surface area contributed by atoms with Gasteiger partial charge < -0.3 is 4.90 Å². The Kier molecular flexibility index (Phi) is 7.09. The molecule has 1 amide bonds. The molecule has 1 unspecified atom stereocenters. The fraction of sp³-hybridized carbons (Fsp3) is 0.348. The second kappa shape index (κ2) is 9.74. The maximum Gasteiger partial charge on any atom is 0.262 e. The second-order valence-corrected chi connectivity index (χ2v) is 8.47. The summed E-state index contributed by atoms with van der Waals surface area (Å²) >= 11 is 1.36. The van der Waals surface area contributed by atoms with Gasteiger partial charge in [0.05, 0.1) is 16.2 Å². The number of hydrogen-bond acceptors (Lipinski definition) is 4. The molecular formula is C23H27N3O2S. The van der Waals surface area contributed by atoms with Gasteiger partial charge in [-0.05, 0) is 31.0 Å². The second-order valence-electron chi connectivity index (χ2n) is 7.16. The van der Waals surface area contributed by atoms with E-state index in [0.29, 0.717) is 29.1 Å². The first-order chi connectivity index (χ1) is 14.0. The van der Waals surface area contributed by atoms with E-state index in [1.54, 1.807) is 9.47 Å². The largest absolute Gasteiger partial charge is 0.340 e. The molecule has 3 aromatic rings. The highest BCUT2D eigenvalue weighted by Gasteiger charge is 2.22. The number of aromatic nitrogens is 2. The minimum Gasteiger partial charge on any atom is -0.340 e. The number of nitrogens with zero attached hydrogens (tertiary/aromatic N) is 3. The van der Waals surface area contributed by atoms with Crippen molar-refractivity contribution in [1.82, 2.24) is 14.5 Å². The molecule has 1 aromatic heterocycles. The number of hydrogen-bond donors (Lipinski definition) is 0. The molecule has 3 rings (SSSR count). The van der Waals surface area contributed by atoms with Gasteiger partial charge in [0.25, 0.3) is 5.56 Å². The predicted molar refractivity (Wildman–Crippen MR) is 119 cm³/mol. The fourth-order valence-electron chi connectivity index (χ4n) is 3.21. The smallest absolute Gasteiger partial charge is 0.262 e. The lowest BCUT2D eigenvalue weighted by atomic mass is 10.2. The van der Waals surface area contributed by atoms with Gasteiger partial charge in [-0.15, -0.1) is 0 Å². The summed E-state index contributed by atoms with van der Waals surface area (Å²) in [6.45, 7) is 5.13. The van der Waals surface area contributed by atoms with Gasteiger partial charge in [-0.25, -0.2) is 4.98 Å². The van der Waals surface area contributed by atoms with Gasteiger partial charge in [0, 0.05) is 20.1 Å². The normalized spacial score (nSPS) is 12.1. The highest BCUT2D eigenvalue weighted by molar-refractivity contribution is 8.00. The molecule has 0 saturated carbocycles. The number of benzene rings is 2. The monoisotopic (exact) mass is 409 g/mol. The molecule has 1 heterocycles. The molecule has 0 aliphatic heterocycles. The van der Waals surface area contributed by atoms with Crippen LogP contribution in [0.25, 0.3) is 10.9 Å². The topological polar surface area (TPSA) is 55.2 Å².